The smallest absolute Gasteiger partial charge is 0.248 e. The van der Waals surface area contributed by atoms with Crippen LogP contribution in [-0.4, -0.2) is 17.1 Å². The van der Waals surface area contributed by atoms with Crippen molar-refractivity contribution >= 4 is 41.0 Å². The van der Waals surface area contributed by atoms with Crippen LogP contribution in [0.1, 0.15) is 12.5 Å². The number of thioether (sulfide) groups is 1. The molecular formula is C30H26N2O3S. The highest BCUT2D eigenvalue weighted by atomic mass is 32.2. The Balaban J connectivity index is 1.29. The van der Waals surface area contributed by atoms with Crippen molar-refractivity contribution in [1.82, 2.24) is 0 Å². The fourth-order valence-corrected chi connectivity index (χ4v) is 4.23. The van der Waals surface area contributed by atoms with Crippen LogP contribution in [0.5, 0.6) is 11.5 Å². The van der Waals surface area contributed by atoms with Crippen molar-refractivity contribution in [3.63, 3.8) is 0 Å². The SMILES string of the molecule is CC(Sc1cccc(NC(=O)/C=C/c2ccccc2)c1)C(=O)Nc1ccc(Oc2ccccc2)cc1. The molecule has 0 fully saturated rings. The molecule has 36 heavy (non-hydrogen) atoms. The van der Waals surface area contributed by atoms with E-state index in [4.69, 9.17) is 4.74 Å². The number of benzene rings is 4. The van der Waals surface area contributed by atoms with E-state index in [1.165, 1.54) is 17.8 Å². The third-order valence-electron chi connectivity index (χ3n) is 5.11. The van der Waals surface area contributed by atoms with Gasteiger partial charge in [-0.05, 0) is 73.2 Å². The van der Waals surface area contributed by atoms with Crippen LogP contribution >= 0.6 is 11.8 Å². The second-order valence-corrected chi connectivity index (χ2v) is 9.36. The van der Waals surface area contributed by atoms with E-state index in [2.05, 4.69) is 10.6 Å². The van der Waals surface area contributed by atoms with Crippen molar-refractivity contribution in [3.05, 3.63) is 121 Å². The molecule has 180 valence electrons. The maximum absolute atomic E-state index is 12.7. The predicted molar refractivity (Wildman–Crippen MR) is 147 cm³/mol. The van der Waals surface area contributed by atoms with Crippen LogP contribution in [0.15, 0.2) is 120 Å². The molecule has 0 aliphatic carbocycles. The Morgan fingerprint density at radius 3 is 2.14 bits per heavy atom. The highest BCUT2D eigenvalue weighted by molar-refractivity contribution is 8.00. The lowest BCUT2D eigenvalue weighted by Gasteiger charge is -2.13. The van der Waals surface area contributed by atoms with Gasteiger partial charge in [-0.2, -0.15) is 0 Å². The molecule has 0 heterocycles. The van der Waals surface area contributed by atoms with Gasteiger partial charge in [-0.25, -0.2) is 0 Å². The molecule has 0 spiro atoms. The van der Waals surface area contributed by atoms with Gasteiger partial charge in [0.15, 0.2) is 0 Å². The molecule has 0 aromatic heterocycles. The van der Waals surface area contributed by atoms with Crippen molar-refractivity contribution < 1.29 is 14.3 Å². The standard InChI is InChI=1S/C30H26N2O3S/c1-22(30(34)32-24-16-18-27(19-17-24)35-26-12-6-3-7-13-26)36-28-14-8-11-25(21-28)31-29(33)20-15-23-9-4-2-5-10-23/h2-22H,1H3,(H,31,33)(H,32,34)/b20-15+. The average Bonchev–Trinajstić information content (AvgIpc) is 2.90. The first-order valence-corrected chi connectivity index (χ1v) is 12.4. The Hall–Kier alpha value is -4.29. The van der Waals surface area contributed by atoms with E-state index in [0.717, 1.165) is 16.2 Å². The van der Waals surface area contributed by atoms with Crippen LogP contribution in [0.2, 0.25) is 0 Å². The maximum atomic E-state index is 12.7. The minimum atomic E-state index is -0.339. The Labute approximate surface area is 215 Å². The highest BCUT2D eigenvalue weighted by Gasteiger charge is 2.15. The molecule has 4 rings (SSSR count). The minimum Gasteiger partial charge on any atom is -0.457 e. The monoisotopic (exact) mass is 494 g/mol. The largest absolute Gasteiger partial charge is 0.457 e. The molecule has 0 aliphatic rings. The summed E-state index contributed by atoms with van der Waals surface area (Å²) in [5.74, 6) is 1.12. The lowest BCUT2D eigenvalue weighted by Crippen LogP contribution is -2.22. The molecule has 0 bridgehead atoms. The fraction of sp³-hybridized carbons (Fsp3) is 0.0667. The van der Waals surface area contributed by atoms with Gasteiger partial charge in [-0.1, -0.05) is 54.6 Å². The van der Waals surface area contributed by atoms with Gasteiger partial charge in [-0.15, -0.1) is 11.8 Å². The van der Waals surface area contributed by atoms with Crippen LogP contribution in [0.25, 0.3) is 6.08 Å². The fourth-order valence-electron chi connectivity index (χ4n) is 3.30. The molecule has 4 aromatic rings. The van der Waals surface area contributed by atoms with Gasteiger partial charge < -0.3 is 15.4 Å². The molecule has 0 aliphatic heterocycles. The minimum absolute atomic E-state index is 0.114. The van der Waals surface area contributed by atoms with Gasteiger partial charge in [0, 0.05) is 22.3 Å². The van der Waals surface area contributed by atoms with Crippen molar-refractivity contribution in [3.8, 4) is 11.5 Å². The molecule has 1 unspecified atom stereocenters. The highest BCUT2D eigenvalue weighted by Crippen LogP contribution is 2.27. The zero-order valence-corrected chi connectivity index (χ0v) is 20.6. The molecule has 4 aromatic carbocycles. The van der Waals surface area contributed by atoms with E-state index in [9.17, 15) is 9.59 Å². The Kier molecular flexibility index (Phi) is 8.57. The van der Waals surface area contributed by atoms with E-state index < -0.39 is 0 Å². The summed E-state index contributed by atoms with van der Waals surface area (Å²) in [6.45, 7) is 1.85. The summed E-state index contributed by atoms with van der Waals surface area (Å²) in [7, 11) is 0. The number of carbonyl (C=O) groups excluding carboxylic acids is 2. The van der Waals surface area contributed by atoms with Crippen molar-refractivity contribution in [1.29, 1.82) is 0 Å². The van der Waals surface area contributed by atoms with Crippen LogP contribution in [0.3, 0.4) is 0 Å². The van der Waals surface area contributed by atoms with E-state index in [0.29, 0.717) is 17.1 Å². The van der Waals surface area contributed by atoms with Crippen LogP contribution in [0.4, 0.5) is 11.4 Å². The number of amides is 2. The van der Waals surface area contributed by atoms with Gasteiger partial charge >= 0.3 is 0 Å². The second kappa shape index (κ2) is 12.4. The van der Waals surface area contributed by atoms with Gasteiger partial charge in [0.2, 0.25) is 11.8 Å². The predicted octanol–water partition coefficient (Wildman–Crippen LogP) is 7.25. The molecule has 1 atom stereocenters. The Bertz CT molecular complexity index is 1320. The summed E-state index contributed by atoms with van der Waals surface area (Å²) < 4.78 is 5.79. The first-order chi connectivity index (χ1) is 17.5. The molecule has 0 radical (unpaired) electrons. The van der Waals surface area contributed by atoms with Gasteiger partial charge in [0.05, 0.1) is 5.25 Å². The first-order valence-electron chi connectivity index (χ1n) is 11.5. The molecule has 6 heteroatoms. The summed E-state index contributed by atoms with van der Waals surface area (Å²) in [6.07, 6.45) is 3.27. The zero-order chi connectivity index (χ0) is 25.2. The first kappa shape index (κ1) is 24.8. The molecular weight excluding hydrogens is 468 g/mol. The third kappa shape index (κ3) is 7.61. The molecule has 2 amide bonds. The van der Waals surface area contributed by atoms with Crippen LogP contribution < -0.4 is 15.4 Å². The van der Waals surface area contributed by atoms with E-state index in [-0.39, 0.29) is 17.1 Å². The Morgan fingerprint density at radius 2 is 1.42 bits per heavy atom. The lowest BCUT2D eigenvalue weighted by molar-refractivity contribution is -0.115. The molecule has 0 saturated carbocycles. The Morgan fingerprint density at radius 1 is 0.750 bits per heavy atom. The van der Waals surface area contributed by atoms with Crippen molar-refractivity contribution in [2.75, 3.05) is 10.6 Å². The molecule has 0 saturated heterocycles. The van der Waals surface area contributed by atoms with E-state index in [1.807, 2.05) is 116 Å². The normalized spacial score (nSPS) is 11.6. The number of nitrogens with one attached hydrogen (secondary N) is 2. The summed E-state index contributed by atoms with van der Waals surface area (Å²) in [6, 6.07) is 33.9. The molecule has 5 nitrogen and oxygen atoms in total. The number of hydrogen-bond donors (Lipinski definition) is 2. The maximum Gasteiger partial charge on any atom is 0.248 e. The zero-order valence-electron chi connectivity index (χ0n) is 19.8. The van der Waals surface area contributed by atoms with Crippen LogP contribution in [-0.2, 0) is 9.59 Å². The van der Waals surface area contributed by atoms with E-state index >= 15 is 0 Å². The quantitative estimate of drug-likeness (QED) is 0.190. The van der Waals surface area contributed by atoms with Gasteiger partial charge in [0.25, 0.3) is 0 Å². The number of rotatable bonds is 9. The summed E-state index contributed by atoms with van der Waals surface area (Å²) in [5, 5.41) is 5.47. The number of anilines is 2. The van der Waals surface area contributed by atoms with Gasteiger partial charge in [0.1, 0.15) is 11.5 Å². The van der Waals surface area contributed by atoms with Gasteiger partial charge in [-0.3, -0.25) is 9.59 Å². The summed E-state index contributed by atoms with van der Waals surface area (Å²) in [5.41, 5.74) is 2.32. The number of ether oxygens (including phenoxy) is 1. The van der Waals surface area contributed by atoms with Crippen molar-refractivity contribution in [2.24, 2.45) is 0 Å². The number of carbonyl (C=O) groups is 2. The van der Waals surface area contributed by atoms with E-state index in [1.54, 1.807) is 6.08 Å². The number of hydrogen-bond acceptors (Lipinski definition) is 4. The second-order valence-electron chi connectivity index (χ2n) is 7.95. The third-order valence-corrected chi connectivity index (χ3v) is 6.20. The lowest BCUT2D eigenvalue weighted by atomic mass is 10.2. The summed E-state index contributed by atoms with van der Waals surface area (Å²) in [4.78, 5) is 25.9. The van der Waals surface area contributed by atoms with Crippen LogP contribution in [0, 0.1) is 0 Å². The topological polar surface area (TPSA) is 67.4 Å². The summed E-state index contributed by atoms with van der Waals surface area (Å²) >= 11 is 1.42. The number of para-hydroxylation sites is 1. The molecule has 2 N–H and O–H groups in total. The van der Waals surface area contributed by atoms with Crippen molar-refractivity contribution in [2.45, 2.75) is 17.1 Å². The average molecular weight is 495 g/mol.